The molecule has 0 aliphatic rings. The highest BCUT2D eigenvalue weighted by Gasteiger charge is 2.01. The van der Waals surface area contributed by atoms with Crippen LogP contribution in [-0.2, 0) is 0 Å². The summed E-state index contributed by atoms with van der Waals surface area (Å²) in [5.74, 6) is -0.605. The van der Waals surface area contributed by atoms with Crippen molar-refractivity contribution in [3.05, 3.63) is 23.8 Å². The van der Waals surface area contributed by atoms with Gasteiger partial charge in [0.1, 0.15) is 5.69 Å². The maximum Gasteiger partial charge on any atom is 0.171 e. The molecular formula is C7H7FN2O. The molecule has 0 aliphatic carbocycles. The molecule has 0 bridgehead atoms. The normalized spacial score (nSPS) is 9.27. The summed E-state index contributed by atoms with van der Waals surface area (Å²) < 4.78 is 12.7. The molecule has 1 aromatic heterocycles. The van der Waals surface area contributed by atoms with Gasteiger partial charge in [-0.15, -0.1) is 0 Å². The third-order valence-corrected chi connectivity index (χ3v) is 1.27. The van der Waals surface area contributed by atoms with Gasteiger partial charge in [0, 0.05) is 13.1 Å². The van der Waals surface area contributed by atoms with Crippen LogP contribution in [0.5, 0.6) is 0 Å². The number of pyridine rings is 1. The van der Waals surface area contributed by atoms with Crippen LogP contribution in [-0.4, -0.2) is 18.3 Å². The molecule has 1 N–H and O–H groups in total. The smallest absolute Gasteiger partial charge is 0.171 e. The van der Waals surface area contributed by atoms with Crippen LogP contribution < -0.4 is 5.32 Å². The molecule has 0 aliphatic heterocycles. The van der Waals surface area contributed by atoms with E-state index in [0.29, 0.717) is 12.0 Å². The summed E-state index contributed by atoms with van der Waals surface area (Å²) in [5, 5.41) is 2.70. The Morgan fingerprint density at radius 3 is 2.91 bits per heavy atom. The van der Waals surface area contributed by atoms with Gasteiger partial charge < -0.3 is 5.32 Å². The second kappa shape index (κ2) is 3.09. The van der Waals surface area contributed by atoms with Crippen LogP contribution in [0.15, 0.2) is 12.3 Å². The average molecular weight is 154 g/mol. The van der Waals surface area contributed by atoms with Crippen LogP contribution in [0.3, 0.4) is 0 Å². The van der Waals surface area contributed by atoms with E-state index in [1.807, 2.05) is 0 Å². The molecule has 11 heavy (non-hydrogen) atoms. The number of aromatic nitrogens is 1. The first kappa shape index (κ1) is 7.65. The Morgan fingerprint density at radius 1 is 1.73 bits per heavy atom. The Labute approximate surface area is 63.3 Å². The zero-order chi connectivity index (χ0) is 8.27. The quantitative estimate of drug-likeness (QED) is 0.648. The molecule has 0 spiro atoms. The Bertz CT molecular complexity index is 275. The van der Waals surface area contributed by atoms with Crippen molar-refractivity contribution >= 4 is 12.0 Å². The summed E-state index contributed by atoms with van der Waals surface area (Å²) in [4.78, 5) is 13.7. The minimum Gasteiger partial charge on any atom is -0.387 e. The van der Waals surface area contributed by atoms with Crippen molar-refractivity contribution in [2.24, 2.45) is 0 Å². The monoisotopic (exact) mass is 154 g/mol. The fourth-order valence-corrected chi connectivity index (χ4v) is 0.672. The fourth-order valence-electron chi connectivity index (χ4n) is 0.672. The van der Waals surface area contributed by atoms with Crippen LogP contribution in [0.25, 0.3) is 0 Å². The standard InChI is InChI=1S/C7H7FN2O/c1-9-5-2-6(8)7(4-11)10-3-5/h2-4,9H,1H3. The van der Waals surface area contributed by atoms with Gasteiger partial charge in [-0.3, -0.25) is 4.79 Å². The van der Waals surface area contributed by atoms with E-state index in [9.17, 15) is 9.18 Å². The van der Waals surface area contributed by atoms with Gasteiger partial charge in [-0.1, -0.05) is 0 Å². The van der Waals surface area contributed by atoms with Gasteiger partial charge in [-0.25, -0.2) is 9.37 Å². The molecule has 58 valence electrons. The lowest BCUT2D eigenvalue weighted by Gasteiger charge is -1.98. The number of carbonyl (C=O) groups is 1. The number of rotatable bonds is 2. The Balaban J connectivity index is 3.09. The first-order valence-electron chi connectivity index (χ1n) is 3.06. The lowest BCUT2D eigenvalue weighted by Crippen LogP contribution is -1.96. The highest BCUT2D eigenvalue weighted by Crippen LogP contribution is 2.08. The largest absolute Gasteiger partial charge is 0.387 e. The maximum atomic E-state index is 12.7. The molecule has 0 amide bonds. The highest BCUT2D eigenvalue weighted by atomic mass is 19.1. The Morgan fingerprint density at radius 2 is 2.45 bits per heavy atom. The summed E-state index contributed by atoms with van der Waals surface area (Å²) >= 11 is 0. The molecule has 3 nitrogen and oxygen atoms in total. The van der Waals surface area contributed by atoms with Crippen molar-refractivity contribution < 1.29 is 9.18 Å². The molecule has 0 fully saturated rings. The SMILES string of the molecule is CNc1cnc(C=O)c(F)c1. The first-order valence-corrected chi connectivity index (χ1v) is 3.06. The third-order valence-electron chi connectivity index (χ3n) is 1.27. The Hall–Kier alpha value is -1.45. The van der Waals surface area contributed by atoms with Crippen molar-refractivity contribution in [1.29, 1.82) is 0 Å². The van der Waals surface area contributed by atoms with Crippen molar-refractivity contribution in [1.82, 2.24) is 4.98 Å². The minimum atomic E-state index is -0.605. The average Bonchev–Trinajstić information content (AvgIpc) is 2.04. The van der Waals surface area contributed by atoms with E-state index in [0.717, 1.165) is 0 Å². The van der Waals surface area contributed by atoms with E-state index in [-0.39, 0.29) is 5.69 Å². The predicted molar refractivity (Wildman–Crippen MR) is 39.1 cm³/mol. The van der Waals surface area contributed by atoms with Crippen LogP contribution in [0.1, 0.15) is 10.5 Å². The van der Waals surface area contributed by atoms with Gasteiger partial charge in [0.15, 0.2) is 12.1 Å². The zero-order valence-corrected chi connectivity index (χ0v) is 5.97. The van der Waals surface area contributed by atoms with Crippen molar-refractivity contribution in [2.45, 2.75) is 0 Å². The van der Waals surface area contributed by atoms with Crippen LogP contribution in [0, 0.1) is 5.82 Å². The maximum absolute atomic E-state index is 12.7. The van der Waals surface area contributed by atoms with E-state index >= 15 is 0 Å². The van der Waals surface area contributed by atoms with Gasteiger partial charge in [-0.05, 0) is 0 Å². The molecule has 0 radical (unpaired) electrons. The molecule has 1 rings (SSSR count). The van der Waals surface area contributed by atoms with Crippen LogP contribution in [0.2, 0.25) is 0 Å². The zero-order valence-electron chi connectivity index (χ0n) is 5.97. The van der Waals surface area contributed by atoms with Crippen molar-refractivity contribution in [3.8, 4) is 0 Å². The van der Waals surface area contributed by atoms with E-state index in [1.54, 1.807) is 7.05 Å². The minimum absolute atomic E-state index is 0.163. The third kappa shape index (κ3) is 1.52. The molecule has 0 unspecified atom stereocenters. The van der Waals surface area contributed by atoms with E-state index in [1.165, 1.54) is 12.3 Å². The van der Waals surface area contributed by atoms with Gasteiger partial charge in [0.25, 0.3) is 0 Å². The molecule has 0 atom stereocenters. The van der Waals surface area contributed by atoms with Crippen LogP contribution >= 0.6 is 0 Å². The topological polar surface area (TPSA) is 42.0 Å². The van der Waals surface area contributed by atoms with E-state index in [2.05, 4.69) is 10.3 Å². The first-order chi connectivity index (χ1) is 5.27. The molecule has 1 heterocycles. The fraction of sp³-hybridized carbons (Fsp3) is 0.143. The molecule has 0 saturated carbocycles. The number of hydrogen-bond donors (Lipinski definition) is 1. The lowest BCUT2D eigenvalue weighted by atomic mass is 10.3. The summed E-state index contributed by atoms with van der Waals surface area (Å²) in [5.41, 5.74) is 0.386. The van der Waals surface area contributed by atoms with E-state index < -0.39 is 5.82 Å². The molecular weight excluding hydrogens is 147 g/mol. The number of nitrogens with zero attached hydrogens (tertiary/aromatic N) is 1. The number of nitrogens with one attached hydrogen (secondary N) is 1. The predicted octanol–water partition coefficient (Wildman–Crippen LogP) is 1.07. The van der Waals surface area contributed by atoms with Crippen molar-refractivity contribution in [3.63, 3.8) is 0 Å². The van der Waals surface area contributed by atoms with Crippen molar-refractivity contribution in [2.75, 3.05) is 12.4 Å². The van der Waals surface area contributed by atoms with Crippen LogP contribution in [0.4, 0.5) is 10.1 Å². The summed E-state index contributed by atoms with van der Waals surface area (Å²) in [6.45, 7) is 0. The second-order valence-corrected chi connectivity index (χ2v) is 1.96. The number of hydrogen-bond acceptors (Lipinski definition) is 3. The summed E-state index contributed by atoms with van der Waals surface area (Å²) in [7, 11) is 1.65. The lowest BCUT2D eigenvalue weighted by molar-refractivity contribution is 0.111. The highest BCUT2D eigenvalue weighted by molar-refractivity contribution is 5.72. The number of anilines is 1. The summed E-state index contributed by atoms with van der Waals surface area (Å²) in [6.07, 6.45) is 1.78. The second-order valence-electron chi connectivity index (χ2n) is 1.96. The number of carbonyl (C=O) groups excluding carboxylic acids is 1. The van der Waals surface area contributed by atoms with Gasteiger partial charge in [0.05, 0.1) is 11.9 Å². The summed E-state index contributed by atoms with van der Waals surface area (Å²) in [6, 6.07) is 1.22. The van der Waals surface area contributed by atoms with Gasteiger partial charge in [0.2, 0.25) is 0 Å². The van der Waals surface area contributed by atoms with Gasteiger partial charge in [-0.2, -0.15) is 0 Å². The van der Waals surface area contributed by atoms with E-state index in [4.69, 9.17) is 0 Å². The molecule has 4 heteroatoms. The Kier molecular flexibility index (Phi) is 2.15. The number of halogens is 1. The number of aldehydes is 1. The van der Waals surface area contributed by atoms with Gasteiger partial charge >= 0.3 is 0 Å². The molecule has 1 aromatic rings. The molecule has 0 saturated heterocycles. The molecule has 0 aromatic carbocycles.